The quantitative estimate of drug-likeness (QED) is 0.505. The average molecular weight is 240 g/mol. The number of nitrogens with zero attached hydrogens (tertiary/aromatic N) is 2. The SMILES string of the molecule is CN=C/C(C)=C(\C1CCC1)N(COC)COC. The van der Waals surface area contributed by atoms with Crippen molar-refractivity contribution in [1.29, 1.82) is 0 Å². The van der Waals surface area contributed by atoms with Gasteiger partial charge in [0.2, 0.25) is 0 Å². The largest absolute Gasteiger partial charge is 0.364 e. The second-order valence-electron chi connectivity index (χ2n) is 4.46. The maximum atomic E-state index is 5.25. The van der Waals surface area contributed by atoms with Crippen LogP contribution in [-0.4, -0.2) is 45.8 Å². The molecule has 0 heterocycles. The van der Waals surface area contributed by atoms with Crippen LogP contribution in [0.15, 0.2) is 16.3 Å². The molecule has 0 aliphatic heterocycles. The Labute approximate surface area is 104 Å². The molecule has 4 heteroatoms. The summed E-state index contributed by atoms with van der Waals surface area (Å²) in [6.07, 6.45) is 5.76. The lowest BCUT2D eigenvalue weighted by Crippen LogP contribution is -2.34. The van der Waals surface area contributed by atoms with E-state index in [1.807, 2.05) is 6.21 Å². The first kappa shape index (κ1) is 14.2. The molecule has 1 aliphatic carbocycles. The highest BCUT2D eigenvalue weighted by atomic mass is 16.5. The van der Waals surface area contributed by atoms with Crippen LogP contribution >= 0.6 is 0 Å². The van der Waals surface area contributed by atoms with Gasteiger partial charge in [-0.1, -0.05) is 6.42 Å². The highest BCUT2D eigenvalue weighted by Crippen LogP contribution is 2.36. The van der Waals surface area contributed by atoms with E-state index in [2.05, 4.69) is 16.8 Å². The Morgan fingerprint density at radius 2 is 1.88 bits per heavy atom. The van der Waals surface area contributed by atoms with Gasteiger partial charge in [0.05, 0.1) is 0 Å². The van der Waals surface area contributed by atoms with Gasteiger partial charge in [-0.2, -0.15) is 0 Å². The van der Waals surface area contributed by atoms with E-state index in [0.29, 0.717) is 19.4 Å². The summed E-state index contributed by atoms with van der Waals surface area (Å²) in [6, 6.07) is 0. The average Bonchev–Trinajstić information content (AvgIpc) is 2.23. The lowest BCUT2D eigenvalue weighted by Gasteiger charge is -2.37. The molecule has 0 spiro atoms. The molecule has 98 valence electrons. The van der Waals surface area contributed by atoms with Crippen molar-refractivity contribution in [3.8, 4) is 0 Å². The van der Waals surface area contributed by atoms with E-state index in [0.717, 1.165) is 0 Å². The van der Waals surface area contributed by atoms with Gasteiger partial charge in [0, 0.05) is 33.2 Å². The number of hydrogen-bond donors (Lipinski definition) is 0. The predicted octanol–water partition coefficient (Wildman–Crippen LogP) is 2.27. The Bertz CT molecular complexity index is 277. The summed E-state index contributed by atoms with van der Waals surface area (Å²) in [5.74, 6) is 0.637. The molecular weight excluding hydrogens is 216 g/mol. The molecule has 0 aromatic heterocycles. The minimum Gasteiger partial charge on any atom is -0.364 e. The molecule has 17 heavy (non-hydrogen) atoms. The van der Waals surface area contributed by atoms with Gasteiger partial charge >= 0.3 is 0 Å². The van der Waals surface area contributed by atoms with Gasteiger partial charge in [0.15, 0.2) is 0 Å². The number of rotatable bonds is 7. The third-order valence-electron chi connectivity index (χ3n) is 3.13. The first-order chi connectivity index (χ1) is 8.24. The fraction of sp³-hybridized carbons (Fsp3) is 0.769. The van der Waals surface area contributed by atoms with Crippen LogP contribution in [-0.2, 0) is 9.47 Å². The molecule has 0 aromatic carbocycles. The third-order valence-corrected chi connectivity index (χ3v) is 3.13. The second-order valence-corrected chi connectivity index (χ2v) is 4.46. The third kappa shape index (κ3) is 3.82. The fourth-order valence-corrected chi connectivity index (χ4v) is 2.26. The molecule has 0 radical (unpaired) electrons. The number of ether oxygens (including phenoxy) is 2. The van der Waals surface area contributed by atoms with Gasteiger partial charge in [0.25, 0.3) is 0 Å². The summed E-state index contributed by atoms with van der Waals surface area (Å²) in [7, 11) is 5.23. The zero-order valence-electron chi connectivity index (χ0n) is 11.4. The highest BCUT2D eigenvalue weighted by Gasteiger charge is 2.27. The van der Waals surface area contributed by atoms with E-state index in [-0.39, 0.29) is 0 Å². The second kappa shape index (κ2) is 7.45. The topological polar surface area (TPSA) is 34.1 Å². The molecule has 1 rings (SSSR count). The molecule has 1 fully saturated rings. The molecule has 1 saturated carbocycles. The fourth-order valence-electron chi connectivity index (χ4n) is 2.26. The minimum absolute atomic E-state index is 0.564. The lowest BCUT2D eigenvalue weighted by atomic mass is 9.81. The summed E-state index contributed by atoms with van der Waals surface area (Å²) >= 11 is 0. The smallest absolute Gasteiger partial charge is 0.120 e. The van der Waals surface area contributed by atoms with E-state index >= 15 is 0 Å². The lowest BCUT2D eigenvalue weighted by molar-refractivity contribution is -0.00251. The van der Waals surface area contributed by atoms with Gasteiger partial charge in [-0.25, -0.2) is 0 Å². The minimum atomic E-state index is 0.564. The van der Waals surface area contributed by atoms with Crippen molar-refractivity contribution in [2.75, 3.05) is 34.7 Å². The van der Waals surface area contributed by atoms with Crippen LogP contribution in [0.3, 0.4) is 0 Å². The standard InChI is InChI=1S/C13H24N2O2/c1-11(8-14-2)13(12-6-5-7-12)15(9-16-3)10-17-4/h8,12H,5-7,9-10H2,1-4H3/b13-11+,14-8?. The molecule has 0 N–H and O–H groups in total. The predicted molar refractivity (Wildman–Crippen MR) is 70.0 cm³/mol. The van der Waals surface area contributed by atoms with Gasteiger partial charge in [0.1, 0.15) is 13.5 Å². The van der Waals surface area contributed by atoms with Gasteiger partial charge in [-0.05, 0) is 31.3 Å². The van der Waals surface area contributed by atoms with Crippen LogP contribution < -0.4 is 0 Å². The Morgan fingerprint density at radius 1 is 1.29 bits per heavy atom. The maximum absolute atomic E-state index is 5.25. The summed E-state index contributed by atoms with van der Waals surface area (Å²) in [6.45, 7) is 3.24. The molecule has 0 unspecified atom stereocenters. The zero-order valence-corrected chi connectivity index (χ0v) is 11.4. The Kier molecular flexibility index (Phi) is 6.22. The van der Waals surface area contributed by atoms with Crippen molar-refractivity contribution in [1.82, 2.24) is 4.90 Å². The Hall–Kier alpha value is -0.870. The molecule has 4 nitrogen and oxygen atoms in total. The van der Waals surface area contributed by atoms with E-state index in [9.17, 15) is 0 Å². The monoisotopic (exact) mass is 240 g/mol. The van der Waals surface area contributed by atoms with Crippen molar-refractivity contribution in [3.05, 3.63) is 11.3 Å². The number of allylic oxidation sites excluding steroid dienone is 2. The van der Waals surface area contributed by atoms with Crippen molar-refractivity contribution in [2.45, 2.75) is 26.2 Å². The van der Waals surface area contributed by atoms with Crippen LogP contribution in [0.4, 0.5) is 0 Å². The Balaban J connectivity index is 2.89. The van der Waals surface area contributed by atoms with Crippen molar-refractivity contribution >= 4 is 6.21 Å². The first-order valence-corrected chi connectivity index (χ1v) is 6.10. The van der Waals surface area contributed by atoms with E-state index in [1.54, 1.807) is 21.3 Å². The Morgan fingerprint density at radius 3 is 2.24 bits per heavy atom. The van der Waals surface area contributed by atoms with Gasteiger partial charge in [-0.15, -0.1) is 0 Å². The number of aliphatic imine (C=N–C) groups is 1. The molecule has 0 bridgehead atoms. The molecule has 1 aliphatic rings. The maximum Gasteiger partial charge on any atom is 0.120 e. The van der Waals surface area contributed by atoms with Gasteiger partial charge < -0.3 is 14.4 Å². The van der Waals surface area contributed by atoms with Crippen LogP contribution in [0.1, 0.15) is 26.2 Å². The molecule has 0 atom stereocenters. The van der Waals surface area contributed by atoms with Crippen LogP contribution in [0, 0.1) is 5.92 Å². The van der Waals surface area contributed by atoms with E-state index in [1.165, 1.54) is 30.5 Å². The van der Waals surface area contributed by atoms with E-state index in [4.69, 9.17) is 9.47 Å². The van der Waals surface area contributed by atoms with Crippen LogP contribution in [0.5, 0.6) is 0 Å². The number of methoxy groups -OCH3 is 2. The molecule has 0 aromatic rings. The van der Waals surface area contributed by atoms with Gasteiger partial charge in [-0.3, -0.25) is 4.99 Å². The molecular formula is C13H24N2O2. The van der Waals surface area contributed by atoms with Crippen LogP contribution in [0.2, 0.25) is 0 Å². The van der Waals surface area contributed by atoms with Crippen molar-refractivity contribution in [2.24, 2.45) is 10.9 Å². The number of hydrogen-bond acceptors (Lipinski definition) is 4. The summed E-state index contributed by atoms with van der Waals surface area (Å²) in [5, 5.41) is 0. The zero-order chi connectivity index (χ0) is 12.7. The first-order valence-electron chi connectivity index (χ1n) is 6.10. The van der Waals surface area contributed by atoms with Crippen LogP contribution in [0.25, 0.3) is 0 Å². The highest BCUT2D eigenvalue weighted by molar-refractivity contribution is 5.78. The summed E-state index contributed by atoms with van der Waals surface area (Å²) in [5.41, 5.74) is 2.54. The molecule has 0 saturated heterocycles. The summed E-state index contributed by atoms with van der Waals surface area (Å²) < 4.78 is 10.5. The molecule has 0 amide bonds. The summed E-state index contributed by atoms with van der Waals surface area (Å²) in [4.78, 5) is 6.26. The van der Waals surface area contributed by atoms with E-state index < -0.39 is 0 Å². The van der Waals surface area contributed by atoms with Crippen molar-refractivity contribution in [3.63, 3.8) is 0 Å². The van der Waals surface area contributed by atoms with Crippen molar-refractivity contribution < 1.29 is 9.47 Å². The normalized spacial score (nSPS) is 18.1.